The third-order valence-corrected chi connectivity index (χ3v) is 5.84. The van der Waals surface area contributed by atoms with E-state index in [9.17, 15) is 14.4 Å². The molecule has 2 aliphatic rings. The Kier molecular flexibility index (Phi) is 12.2. The summed E-state index contributed by atoms with van der Waals surface area (Å²) in [5.74, 6) is -0.561. The summed E-state index contributed by atoms with van der Waals surface area (Å²) in [6, 6.07) is -0.222. The maximum atomic E-state index is 13.0. The van der Waals surface area contributed by atoms with Crippen molar-refractivity contribution in [2.75, 3.05) is 33.0 Å². The molecule has 8 nitrogen and oxygen atoms in total. The second-order valence-electron chi connectivity index (χ2n) is 8.46. The smallest absolute Gasteiger partial charge is 0.306 e. The minimum Gasteiger partial charge on any atom is -0.463 e. The highest BCUT2D eigenvalue weighted by Crippen LogP contribution is 2.27. The molecule has 0 aromatic carbocycles. The second kappa shape index (κ2) is 15.0. The number of carbonyl (C=O) groups is 3. The number of aliphatic hydroxyl groups excluding tert-OH is 1. The van der Waals surface area contributed by atoms with Crippen LogP contribution in [0.4, 0.5) is 0 Å². The Morgan fingerprint density at radius 1 is 1.19 bits per heavy atom. The lowest BCUT2D eigenvalue weighted by Gasteiger charge is -2.28. The summed E-state index contributed by atoms with van der Waals surface area (Å²) in [5, 5.41) is 14.5. The number of hydrogen-bond acceptors (Lipinski definition) is 6. The van der Waals surface area contributed by atoms with Crippen molar-refractivity contribution in [3.8, 4) is 0 Å². The third kappa shape index (κ3) is 10.8. The van der Waals surface area contributed by atoms with Crippen LogP contribution >= 0.6 is 0 Å². The van der Waals surface area contributed by atoms with Gasteiger partial charge in [0.15, 0.2) is 0 Å². The predicted molar refractivity (Wildman–Crippen MR) is 116 cm³/mol. The van der Waals surface area contributed by atoms with Crippen molar-refractivity contribution in [1.29, 1.82) is 0 Å². The molecule has 8 heteroatoms. The monoisotopic (exact) mass is 438 g/mol. The molecule has 0 spiro atoms. The molecule has 2 rings (SSSR count). The number of hydrogen-bond donors (Lipinski definition) is 3. The summed E-state index contributed by atoms with van der Waals surface area (Å²) < 4.78 is 10.6. The van der Waals surface area contributed by atoms with Crippen molar-refractivity contribution in [2.45, 2.75) is 70.3 Å². The predicted octanol–water partition coefficient (Wildman–Crippen LogP) is 1.86. The van der Waals surface area contributed by atoms with Gasteiger partial charge in [-0.15, -0.1) is 0 Å². The van der Waals surface area contributed by atoms with Gasteiger partial charge in [-0.3, -0.25) is 14.4 Å². The molecule has 0 bridgehead atoms. The van der Waals surface area contributed by atoms with E-state index in [1.54, 1.807) is 0 Å². The molecule has 0 radical (unpaired) electrons. The fraction of sp³-hybridized carbons (Fsp3) is 0.783. The zero-order valence-electron chi connectivity index (χ0n) is 18.5. The quantitative estimate of drug-likeness (QED) is 0.288. The summed E-state index contributed by atoms with van der Waals surface area (Å²) in [6.45, 7) is 1.02. The molecular formula is C23H38N2O6. The number of ether oxygens (including phenoxy) is 2. The SMILES string of the molecule is O=C(CC1CC=CCCC(=O)OCC(CC2CCCCC2)NC1=O)NCCOCCO. The Morgan fingerprint density at radius 2 is 2.00 bits per heavy atom. The molecule has 1 aliphatic heterocycles. The van der Waals surface area contributed by atoms with Gasteiger partial charge >= 0.3 is 5.97 Å². The molecule has 2 atom stereocenters. The standard InChI is InChI=1S/C23H38N2O6/c26-12-14-30-13-11-24-21(27)16-19-9-5-2-6-10-22(28)31-17-20(25-23(19)29)15-18-7-3-1-4-8-18/h2,5,18-20,26H,1,3-4,6-17H2,(H,24,27)(H,25,29). The van der Waals surface area contributed by atoms with Gasteiger partial charge < -0.3 is 25.2 Å². The van der Waals surface area contributed by atoms with Crippen LogP contribution in [0.25, 0.3) is 0 Å². The van der Waals surface area contributed by atoms with Crippen LogP contribution in [0.3, 0.4) is 0 Å². The highest BCUT2D eigenvalue weighted by Gasteiger charge is 2.26. The lowest BCUT2D eigenvalue weighted by Crippen LogP contribution is -2.44. The summed E-state index contributed by atoms with van der Waals surface area (Å²) >= 11 is 0. The highest BCUT2D eigenvalue weighted by molar-refractivity contribution is 5.86. The highest BCUT2D eigenvalue weighted by atomic mass is 16.5. The molecule has 0 saturated heterocycles. The summed E-state index contributed by atoms with van der Waals surface area (Å²) in [6.07, 6.45) is 11.9. The van der Waals surface area contributed by atoms with Crippen LogP contribution in [0.1, 0.15) is 64.2 Å². The molecule has 1 aliphatic carbocycles. The first-order valence-corrected chi connectivity index (χ1v) is 11.6. The van der Waals surface area contributed by atoms with Gasteiger partial charge in [0.05, 0.1) is 31.8 Å². The number of esters is 1. The molecule has 3 N–H and O–H groups in total. The van der Waals surface area contributed by atoms with Gasteiger partial charge in [0.2, 0.25) is 11.8 Å². The van der Waals surface area contributed by atoms with Crippen LogP contribution in [-0.4, -0.2) is 61.9 Å². The van der Waals surface area contributed by atoms with Crippen molar-refractivity contribution in [1.82, 2.24) is 10.6 Å². The van der Waals surface area contributed by atoms with E-state index >= 15 is 0 Å². The Balaban J connectivity index is 1.94. The van der Waals surface area contributed by atoms with Gasteiger partial charge in [-0.1, -0.05) is 44.3 Å². The molecule has 1 saturated carbocycles. The number of cyclic esters (lactones) is 1. The topological polar surface area (TPSA) is 114 Å². The van der Waals surface area contributed by atoms with Gasteiger partial charge in [-0.05, 0) is 25.2 Å². The maximum Gasteiger partial charge on any atom is 0.306 e. The van der Waals surface area contributed by atoms with Crippen LogP contribution < -0.4 is 10.6 Å². The number of amides is 2. The van der Waals surface area contributed by atoms with E-state index in [4.69, 9.17) is 14.6 Å². The van der Waals surface area contributed by atoms with Crippen molar-refractivity contribution >= 4 is 17.8 Å². The first-order chi connectivity index (χ1) is 15.1. The van der Waals surface area contributed by atoms with E-state index in [1.165, 1.54) is 19.3 Å². The summed E-state index contributed by atoms with van der Waals surface area (Å²) in [7, 11) is 0. The van der Waals surface area contributed by atoms with Crippen molar-refractivity contribution in [3.63, 3.8) is 0 Å². The maximum absolute atomic E-state index is 13.0. The Labute approximate surface area is 185 Å². The lowest BCUT2D eigenvalue weighted by atomic mass is 9.84. The third-order valence-electron chi connectivity index (χ3n) is 5.84. The first kappa shape index (κ1) is 25.3. The van der Waals surface area contributed by atoms with E-state index in [1.807, 2.05) is 12.2 Å². The fourth-order valence-electron chi connectivity index (χ4n) is 4.17. The average Bonchev–Trinajstić information content (AvgIpc) is 2.76. The normalized spacial score (nSPS) is 23.9. The molecule has 0 aromatic rings. The zero-order chi connectivity index (χ0) is 22.3. The second-order valence-corrected chi connectivity index (χ2v) is 8.46. The molecule has 0 aromatic heterocycles. The molecule has 1 fully saturated rings. The van der Waals surface area contributed by atoms with E-state index in [-0.39, 0.29) is 50.1 Å². The van der Waals surface area contributed by atoms with Gasteiger partial charge in [-0.25, -0.2) is 0 Å². The van der Waals surface area contributed by atoms with Crippen LogP contribution in [0.15, 0.2) is 12.2 Å². The Morgan fingerprint density at radius 3 is 2.77 bits per heavy atom. The lowest BCUT2D eigenvalue weighted by molar-refractivity contribution is -0.145. The van der Waals surface area contributed by atoms with E-state index in [2.05, 4.69) is 10.6 Å². The zero-order valence-corrected chi connectivity index (χ0v) is 18.5. The Hall–Kier alpha value is -1.93. The average molecular weight is 439 g/mol. The molecule has 2 unspecified atom stereocenters. The minimum absolute atomic E-state index is 0.0557. The number of aliphatic hydroxyl groups is 1. The van der Waals surface area contributed by atoms with Gasteiger partial charge in [0.25, 0.3) is 0 Å². The Bertz CT molecular complexity index is 589. The molecule has 2 amide bonds. The van der Waals surface area contributed by atoms with Crippen molar-refractivity contribution < 1.29 is 29.0 Å². The fourth-order valence-corrected chi connectivity index (χ4v) is 4.17. The van der Waals surface area contributed by atoms with Gasteiger partial charge in [-0.2, -0.15) is 0 Å². The van der Waals surface area contributed by atoms with E-state index < -0.39 is 5.92 Å². The van der Waals surface area contributed by atoms with Crippen LogP contribution in [0.2, 0.25) is 0 Å². The van der Waals surface area contributed by atoms with E-state index in [0.717, 1.165) is 19.3 Å². The number of allylic oxidation sites excluding steroid dienone is 2. The summed E-state index contributed by atoms with van der Waals surface area (Å²) in [5.41, 5.74) is 0. The van der Waals surface area contributed by atoms with Crippen LogP contribution in [0.5, 0.6) is 0 Å². The first-order valence-electron chi connectivity index (χ1n) is 11.6. The van der Waals surface area contributed by atoms with Gasteiger partial charge in [0, 0.05) is 19.4 Å². The minimum atomic E-state index is -0.474. The molecule has 176 valence electrons. The number of nitrogens with one attached hydrogen (secondary N) is 2. The molecule has 1 heterocycles. The molecule has 31 heavy (non-hydrogen) atoms. The number of carbonyl (C=O) groups excluding carboxylic acids is 3. The molecular weight excluding hydrogens is 400 g/mol. The van der Waals surface area contributed by atoms with Crippen LogP contribution in [0, 0.1) is 11.8 Å². The largest absolute Gasteiger partial charge is 0.463 e. The van der Waals surface area contributed by atoms with E-state index in [0.29, 0.717) is 38.3 Å². The van der Waals surface area contributed by atoms with Crippen molar-refractivity contribution in [3.05, 3.63) is 12.2 Å². The number of rotatable bonds is 9. The summed E-state index contributed by atoms with van der Waals surface area (Å²) in [4.78, 5) is 37.3. The van der Waals surface area contributed by atoms with Gasteiger partial charge in [0.1, 0.15) is 6.61 Å². The van der Waals surface area contributed by atoms with Crippen LogP contribution in [-0.2, 0) is 23.9 Å². The van der Waals surface area contributed by atoms with Crippen molar-refractivity contribution in [2.24, 2.45) is 11.8 Å².